The van der Waals surface area contributed by atoms with Gasteiger partial charge in [-0.25, -0.2) is 19.6 Å². The van der Waals surface area contributed by atoms with E-state index in [0.29, 0.717) is 11.4 Å². The molecule has 0 spiro atoms. The number of amides is 6. The second kappa shape index (κ2) is 27.6. The Morgan fingerprint density at radius 3 is 1.73 bits per heavy atom. The standard InChI is InChI=1S/C42H55N15O17S/c1-42(2,75)30(39(73)74)55-36(69)24(14-28(63)64)54-35(68)23(13-27(61)62)53-33(66)20(4-3-11-46-40(43)44)51-34(67)22(12-26(59)60)50-25(58)10-9-21(38(71)72)52-32(65)17-5-7-18(8-6-17)47-15-19-16-48-31-29(49-19)37(70)57-41(45)56-31/h5-8,16,20-24,30,47,75H,3-4,9-15H2,1-2H3,(H,50,58)(H,51,67)(H,52,65)(H,53,66)(H,54,68)(H,55,69)(H,59,60)(H,61,62)(H,63,64)(H,71,72)(H,73,74)(H4,43,44,46)(H3,45,48,56,57,70)/t20-,21-,22-,23-,24-,30+/m1/s1. The molecule has 2 aromatic heterocycles. The Kier molecular flexibility index (Phi) is 22.1. The number of nitrogens with two attached hydrogens (primary N) is 2. The van der Waals surface area contributed by atoms with Gasteiger partial charge < -0.3 is 79.5 Å². The van der Waals surface area contributed by atoms with Crippen LogP contribution in [0.2, 0.25) is 0 Å². The van der Waals surface area contributed by atoms with Crippen molar-refractivity contribution in [3.63, 3.8) is 0 Å². The van der Waals surface area contributed by atoms with E-state index in [1.807, 2.05) is 10.6 Å². The van der Waals surface area contributed by atoms with Gasteiger partial charge in [0.2, 0.25) is 35.5 Å². The van der Waals surface area contributed by atoms with Crippen molar-refractivity contribution >= 4 is 107 Å². The molecule has 3 rings (SSSR count). The molecular formula is C42H55N15O17S. The highest BCUT2D eigenvalue weighted by atomic mass is 32.1. The molecule has 0 aliphatic heterocycles. The van der Waals surface area contributed by atoms with E-state index in [2.05, 4.69) is 64.5 Å². The molecule has 75 heavy (non-hydrogen) atoms. The lowest BCUT2D eigenvalue weighted by Crippen LogP contribution is -2.60. The van der Waals surface area contributed by atoms with Gasteiger partial charge in [-0.05, 0) is 57.4 Å². The molecule has 0 bridgehead atoms. The van der Waals surface area contributed by atoms with Gasteiger partial charge in [0.15, 0.2) is 17.1 Å². The summed E-state index contributed by atoms with van der Waals surface area (Å²) in [4.78, 5) is 166. The maximum atomic E-state index is 13.7. The van der Waals surface area contributed by atoms with Crippen molar-refractivity contribution in [1.29, 1.82) is 5.41 Å². The topological polar surface area (TPSA) is 533 Å². The molecule has 0 unspecified atom stereocenters. The van der Waals surface area contributed by atoms with Crippen LogP contribution in [-0.4, -0.2) is 164 Å². The van der Waals surface area contributed by atoms with Crippen LogP contribution in [0.4, 0.5) is 11.6 Å². The molecule has 19 N–H and O–H groups in total. The number of aromatic nitrogens is 4. The van der Waals surface area contributed by atoms with E-state index in [1.165, 1.54) is 44.3 Å². The molecule has 0 radical (unpaired) electrons. The minimum atomic E-state index is -2.11. The van der Waals surface area contributed by atoms with Gasteiger partial charge in [0.1, 0.15) is 36.3 Å². The Labute approximate surface area is 428 Å². The number of hydrogen-bond donors (Lipinski definition) is 18. The number of nitrogens with one attached hydrogen (secondary N) is 10. The van der Waals surface area contributed by atoms with Gasteiger partial charge in [-0.3, -0.25) is 58.3 Å². The average Bonchev–Trinajstić information content (AvgIpc) is 3.30. The summed E-state index contributed by atoms with van der Waals surface area (Å²) >= 11 is 4.12. The first-order valence-electron chi connectivity index (χ1n) is 22.1. The summed E-state index contributed by atoms with van der Waals surface area (Å²) in [5.41, 5.74) is 11.1. The zero-order valence-electron chi connectivity index (χ0n) is 39.8. The normalized spacial score (nSPS) is 13.4. The SMILES string of the molecule is CC(C)(S)[C@@H](NC(=O)[C@@H](CC(=O)O)NC(=O)[C@@H](CC(=O)O)NC(=O)[C@@H](CCCNC(=N)N)NC(=O)[C@@H](CC(=O)O)NC(=O)CC[C@@H](NC(=O)c1ccc(NCc2cnc3nc(N)[nH]c(=O)c3n2)cc1)C(=O)O)C(=O)O. The largest absolute Gasteiger partial charge is 0.481 e. The Balaban J connectivity index is 1.72. The van der Waals surface area contributed by atoms with E-state index in [-0.39, 0.29) is 42.2 Å². The molecular weight excluding hydrogens is 1020 g/mol. The number of carboxylic acid groups (broad SMARTS) is 5. The number of rotatable bonds is 30. The van der Waals surface area contributed by atoms with Gasteiger partial charge in [0.25, 0.3) is 11.5 Å². The van der Waals surface area contributed by atoms with E-state index in [1.54, 1.807) is 0 Å². The van der Waals surface area contributed by atoms with Crippen molar-refractivity contribution in [2.45, 2.75) is 106 Å². The fraction of sp³-hybridized carbons (Fsp3) is 0.429. The molecule has 2 heterocycles. The fourth-order valence-electron chi connectivity index (χ4n) is 6.58. The van der Waals surface area contributed by atoms with Crippen molar-refractivity contribution in [2.75, 3.05) is 17.6 Å². The van der Waals surface area contributed by atoms with Crippen molar-refractivity contribution in [2.24, 2.45) is 5.73 Å². The molecule has 406 valence electrons. The van der Waals surface area contributed by atoms with E-state index >= 15 is 0 Å². The van der Waals surface area contributed by atoms with Gasteiger partial charge in [0.05, 0.1) is 37.7 Å². The summed E-state index contributed by atoms with van der Waals surface area (Å²) < 4.78 is -1.43. The zero-order valence-corrected chi connectivity index (χ0v) is 40.7. The number of carbonyl (C=O) groups excluding carboxylic acids is 6. The molecule has 1 aromatic carbocycles. The first-order valence-corrected chi connectivity index (χ1v) is 22.6. The summed E-state index contributed by atoms with van der Waals surface area (Å²) in [6.45, 7) is 2.59. The number of thiol groups is 1. The first kappa shape index (κ1) is 60.1. The second-order valence-electron chi connectivity index (χ2n) is 16.8. The predicted octanol–water partition coefficient (Wildman–Crippen LogP) is -4.23. The molecule has 0 aliphatic carbocycles. The highest BCUT2D eigenvalue weighted by Crippen LogP contribution is 2.18. The van der Waals surface area contributed by atoms with Crippen LogP contribution in [-0.2, 0) is 54.5 Å². The van der Waals surface area contributed by atoms with Gasteiger partial charge in [-0.2, -0.15) is 17.6 Å². The maximum Gasteiger partial charge on any atom is 0.327 e. The first-order chi connectivity index (χ1) is 35.0. The summed E-state index contributed by atoms with van der Waals surface area (Å²) in [5, 5.41) is 73.6. The monoisotopic (exact) mass is 1070 g/mol. The van der Waals surface area contributed by atoms with Crippen molar-refractivity contribution in [3.05, 3.63) is 52.1 Å². The number of aromatic amines is 1. The van der Waals surface area contributed by atoms with Crippen LogP contribution in [0.1, 0.15) is 74.8 Å². The van der Waals surface area contributed by atoms with E-state index < -0.39 is 156 Å². The Bertz CT molecular complexity index is 2740. The molecule has 33 heteroatoms. The number of anilines is 2. The summed E-state index contributed by atoms with van der Waals surface area (Å²) in [7, 11) is 0. The van der Waals surface area contributed by atoms with E-state index in [9.17, 15) is 83.1 Å². The number of guanidine groups is 1. The molecule has 6 amide bonds. The predicted molar refractivity (Wildman–Crippen MR) is 261 cm³/mol. The quantitative estimate of drug-likeness (QED) is 0.0130. The third-order valence-corrected chi connectivity index (χ3v) is 10.5. The van der Waals surface area contributed by atoms with Crippen molar-refractivity contribution in [3.8, 4) is 0 Å². The number of benzene rings is 1. The minimum Gasteiger partial charge on any atom is -0.481 e. The van der Waals surface area contributed by atoms with Crippen LogP contribution < -0.4 is 59.6 Å². The lowest BCUT2D eigenvalue weighted by Gasteiger charge is -2.29. The van der Waals surface area contributed by atoms with Gasteiger partial charge in [-0.1, -0.05) is 0 Å². The number of aliphatic carboxylic acids is 5. The van der Waals surface area contributed by atoms with Gasteiger partial charge >= 0.3 is 29.8 Å². The number of nitrogen functional groups attached to an aromatic ring is 1. The number of hydrogen-bond acceptors (Lipinski definition) is 19. The number of H-pyrrole nitrogens is 1. The molecule has 32 nitrogen and oxygen atoms in total. The average molecular weight is 1070 g/mol. The molecule has 3 aromatic rings. The van der Waals surface area contributed by atoms with E-state index in [0.717, 1.165) is 0 Å². The highest BCUT2D eigenvalue weighted by molar-refractivity contribution is 7.81. The highest BCUT2D eigenvalue weighted by Gasteiger charge is 2.38. The summed E-state index contributed by atoms with van der Waals surface area (Å²) in [5.74, 6) is -16.2. The Morgan fingerprint density at radius 1 is 0.707 bits per heavy atom. The van der Waals surface area contributed by atoms with Crippen LogP contribution in [0.5, 0.6) is 0 Å². The maximum absolute atomic E-state index is 13.7. The molecule has 0 saturated carbocycles. The zero-order chi connectivity index (χ0) is 56.3. The van der Waals surface area contributed by atoms with Crippen molar-refractivity contribution in [1.82, 2.24) is 57.2 Å². The number of nitrogens with zero attached hydrogens (tertiary/aromatic N) is 3. The third kappa shape index (κ3) is 20.1. The minimum absolute atomic E-state index is 0.00437. The Hall–Kier alpha value is -9.17. The van der Waals surface area contributed by atoms with Crippen LogP contribution >= 0.6 is 12.6 Å². The number of fused-ring (bicyclic) bond motifs is 1. The van der Waals surface area contributed by atoms with Crippen LogP contribution in [0.25, 0.3) is 11.2 Å². The molecule has 0 fully saturated rings. The third-order valence-electron chi connectivity index (χ3n) is 10.3. The molecule has 0 saturated heterocycles. The number of carboxylic acids is 5. The van der Waals surface area contributed by atoms with Crippen LogP contribution in [0.15, 0.2) is 35.3 Å². The molecule has 0 aliphatic rings. The van der Waals surface area contributed by atoms with Crippen LogP contribution in [0.3, 0.4) is 0 Å². The molecule has 6 atom stereocenters. The fourth-order valence-corrected chi connectivity index (χ4v) is 6.75. The van der Waals surface area contributed by atoms with Crippen LogP contribution in [0, 0.1) is 5.41 Å². The van der Waals surface area contributed by atoms with E-state index in [4.69, 9.17) is 16.9 Å². The summed E-state index contributed by atoms with van der Waals surface area (Å²) in [6.07, 6.45) is -3.91. The number of carbonyl (C=O) groups is 11. The Morgan fingerprint density at radius 2 is 1.23 bits per heavy atom. The van der Waals surface area contributed by atoms with Gasteiger partial charge in [-0.15, -0.1) is 0 Å². The summed E-state index contributed by atoms with van der Waals surface area (Å²) in [6, 6.07) is -5.68. The lowest BCUT2D eigenvalue weighted by atomic mass is 10.0. The second-order valence-corrected chi connectivity index (χ2v) is 18.0. The smallest absolute Gasteiger partial charge is 0.327 e. The van der Waals surface area contributed by atoms with Crippen molar-refractivity contribution < 1.29 is 78.3 Å². The van der Waals surface area contributed by atoms with Gasteiger partial charge in [0, 0.05) is 29.0 Å². The lowest BCUT2D eigenvalue weighted by molar-refractivity contribution is -0.145.